The molecule has 1 heterocycles. The minimum Gasteiger partial charge on any atom is -0.389 e. The number of halogens is 1. The smallest absolute Gasteiger partial charge is 0.0774 e. The Labute approximate surface area is 116 Å². The fourth-order valence-electron chi connectivity index (χ4n) is 2.66. The van der Waals surface area contributed by atoms with E-state index in [-0.39, 0.29) is 0 Å². The lowest BCUT2D eigenvalue weighted by Gasteiger charge is -2.35. The van der Waals surface area contributed by atoms with Gasteiger partial charge in [0.25, 0.3) is 0 Å². The zero-order valence-electron chi connectivity index (χ0n) is 10.2. The molecule has 0 radical (unpaired) electrons. The van der Waals surface area contributed by atoms with Crippen LogP contribution in [-0.4, -0.2) is 17.3 Å². The molecule has 2 N–H and O–H groups in total. The van der Waals surface area contributed by atoms with Crippen molar-refractivity contribution in [1.82, 2.24) is 5.32 Å². The summed E-state index contributed by atoms with van der Waals surface area (Å²) in [7, 11) is 0. The summed E-state index contributed by atoms with van der Waals surface area (Å²) in [5.74, 6) is 0.659. The molecule has 1 fully saturated rings. The maximum Gasteiger partial charge on any atom is 0.0774 e. The van der Waals surface area contributed by atoms with Gasteiger partial charge in [-0.15, -0.1) is 11.3 Å². The van der Waals surface area contributed by atoms with Crippen molar-refractivity contribution in [1.29, 1.82) is 0 Å². The first-order chi connectivity index (χ1) is 8.07. The fraction of sp³-hybridized carbons (Fsp3) is 0.692. The molecule has 0 aromatic carbocycles. The van der Waals surface area contributed by atoms with E-state index in [1.807, 2.05) is 0 Å². The van der Waals surface area contributed by atoms with Crippen LogP contribution in [0.15, 0.2) is 15.9 Å². The topological polar surface area (TPSA) is 32.3 Å². The van der Waals surface area contributed by atoms with Gasteiger partial charge in [-0.25, -0.2) is 0 Å². The number of aliphatic hydroxyl groups is 1. The van der Waals surface area contributed by atoms with Crippen molar-refractivity contribution in [3.8, 4) is 0 Å². The third-order valence-electron chi connectivity index (χ3n) is 3.45. The monoisotopic (exact) mass is 317 g/mol. The van der Waals surface area contributed by atoms with E-state index >= 15 is 0 Å². The van der Waals surface area contributed by atoms with Gasteiger partial charge in [-0.05, 0) is 46.8 Å². The molecule has 1 aromatic heterocycles. The molecule has 4 heteroatoms. The van der Waals surface area contributed by atoms with Crippen LogP contribution in [0.25, 0.3) is 0 Å². The van der Waals surface area contributed by atoms with Crippen molar-refractivity contribution in [3.63, 3.8) is 0 Å². The largest absolute Gasteiger partial charge is 0.389 e. The second kappa shape index (κ2) is 5.83. The lowest BCUT2D eigenvalue weighted by Crippen LogP contribution is -2.43. The molecule has 1 aromatic rings. The summed E-state index contributed by atoms with van der Waals surface area (Å²) in [6, 6.07) is 4.19. The number of hydrogen-bond donors (Lipinski definition) is 2. The Bertz CT molecular complexity index is 368. The SMILES string of the molecule is CC1CCCC(O)(CNCc2ccc(Br)s2)C1. The zero-order chi connectivity index (χ0) is 12.3. The number of thiophene rings is 1. The van der Waals surface area contributed by atoms with Crippen molar-refractivity contribution in [2.45, 2.75) is 44.8 Å². The fourth-order valence-corrected chi connectivity index (χ4v) is 4.11. The maximum atomic E-state index is 10.5. The molecule has 0 amide bonds. The van der Waals surface area contributed by atoms with Crippen LogP contribution in [0.5, 0.6) is 0 Å². The molecule has 2 atom stereocenters. The van der Waals surface area contributed by atoms with Gasteiger partial charge in [-0.1, -0.05) is 19.8 Å². The zero-order valence-corrected chi connectivity index (χ0v) is 12.6. The van der Waals surface area contributed by atoms with Gasteiger partial charge in [0.1, 0.15) is 0 Å². The molecule has 2 unspecified atom stereocenters. The Hall–Kier alpha value is 0.1000. The standard InChI is InChI=1S/C13H20BrNOS/c1-10-3-2-6-13(16,7-10)9-15-8-11-4-5-12(14)17-11/h4-5,10,15-16H,2-3,6-9H2,1H3. The van der Waals surface area contributed by atoms with Gasteiger partial charge in [-0.2, -0.15) is 0 Å². The Kier molecular flexibility index (Phi) is 4.64. The third-order valence-corrected chi connectivity index (χ3v) is 5.07. The second-order valence-corrected chi connectivity index (χ2v) is 7.78. The lowest BCUT2D eigenvalue weighted by atomic mass is 9.79. The lowest BCUT2D eigenvalue weighted by molar-refractivity contribution is -0.0118. The summed E-state index contributed by atoms with van der Waals surface area (Å²) in [4.78, 5) is 1.31. The van der Waals surface area contributed by atoms with Crippen LogP contribution in [0.4, 0.5) is 0 Å². The van der Waals surface area contributed by atoms with E-state index < -0.39 is 5.60 Å². The Balaban J connectivity index is 1.77. The molecular formula is C13H20BrNOS. The van der Waals surface area contributed by atoms with Crippen molar-refractivity contribution < 1.29 is 5.11 Å². The third kappa shape index (κ3) is 4.05. The van der Waals surface area contributed by atoms with Crippen LogP contribution in [-0.2, 0) is 6.54 Å². The minimum absolute atomic E-state index is 0.480. The van der Waals surface area contributed by atoms with Crippen molar-refractivity contribution >= 4 is 27.3 Å². The van der Waals surface area contributed by atoms with Gasteiger partial charge in [-0.3, -0.25) is 0 Å². The highest BCUT2D eigenvalue weighted by atomic mass is 79.9. The summed E-state index contributed by atoms with van der Waals surface area (Å²) in [5, 5.41) is 13.8. The number of rotatable bonds is 4. The van der Waals surface area contributed by atoms with E-state index in [1.165, 1.54) is 15.1 Å². The summed E-state index contributed by atoms with van der Waals surface area (Å²) in [5.41, 5.74) is -0.480. The van der Waals surface area contributed by atoms with Crippen LogP contribution >= 0.6 is 27.3 Å². The predicted octanol–water partition coefficient (Wildman–Crippen LogP) is 3.54. The van der Waals surface area contributed by atoms with Crippen LogP contribution in [0.3, 0.4) is 0 Å². The molecule has 0 bridgehead atoms. The van der Waals surface area contributed by atoms with Gasteiger partial charge in [0.05, 0.1) is 9.39 Å². The van der Waals surface area contributed by atoms with Gasteiger partial charge in [0, 0.05) is 18.0 Å². The molecule has 0 saturated heterocycles. The van der Waals surface area contributed by atoms with E-state index in [0.717, 1.165) is 25.8 Å². The second-order valence-electron chi connectivity index (χ2n) is 5.24. The molecule has 0 aliphatic heterocycles. The summed E-state index contributed by atoms with van der Waals surface area (Å²) in [6.07, 6.45) is 4.30. The van der Waals surface area contributed by atoms with E-state index in [0.29, 0.717) is 12.5 Å². The molecule has 17 heavy (non-hydrogen) atoms. The highest BCUT2D eigenvalue weighted by Crippen LogP contribution is 2.31. The first-order valence-electron chi connectivity index (χ1n) is 6.25. The van der Waals surface area contributed by atoms with Crippen LogP contribution in [0.1, 0.15) is 37.5 Å². The minimum atomic E-state index is -0.480. The van der Waals surface area contributed by atoms with Gasteiger partial charge < -0.3 is 10.4 Å². The van der Waals surface area contributed by atoms with Crippen molar-refractivity contribution in [2.24, 2.45) is 5.92 Å². The predicted molar refractivity (Wildman–Crippen MR) is 76.3 cm³/mol. The highest BCUT2D eigenvalue weighted by molar-refractivity contribution is 9.11. The average Bonchev–Trinajstić information content (AvgIpc) is 2.63. The summed E-state index contributed by atoms with van der Waals surface area (Å²) < 4.78 is 1.17. The Morgan fingerprint density at radius 1 is 1.59 bits per heavy atom. The number of hydrogen-bond acceptors (Lipinski definition) is 3. The molecule has 1 saturated carbocycles. The highest BCUT2D eigenvalue weighted by Gasteiger charge is 2.31. The van der Waals surface area contributed by atoms with Crippen LogP contribution < -0.4 is 5.32 Å². The Morgan fingerprint density at radius 3 is 3.06 bits per heavy atom. The molecule has 1 aliphatic carbocycles. The summed E-state index contributed by atoms with van der Waals surface area (Å²) in [6.45, 7) is 3.81. The Morgan fingerprint density at radius 2 is 2.41 bits per heavy atom. The van der Waals surface area contributed by atoms with E-state index in [1.54, 1.807) is 11.3 Å². The quantitative estimate of drug-likeness (QED) is 0.890. The first-order valence-corrected chi connectivity index (χ1v) is 7.86. The first kappa shape index (κ1) is 13.5. The molecular weight excluding hydrogens is 298 g/mol. The van der Waals surface area contributed by atoms with E-state index in [4.69, 9.17) is 0 Å². The van der Waals surface area contributed by atoms with Crippen molar-refractivity contribution in [2.75, 3.05) is 6.54 Å². The molecule has 96 valence electrons. The molecule has 1 aliphatic rings. The molecule has 2 nitrogen and oxygen atoms in total. The van der Waals surface area contributed by atoms with Gasteiger partial charge >= 0.3 is 0 Å². The van der Waals surface area contributed by atoms with Crippen LogP contribution in [0, 0.1) is 5.92 Å². The van der Waals surface area contributed by atoms with Crippen LogP contribution in [0.2, 0.25) is 0 Å². The van der Waals surface area contributed by atoms with Gasteiger partial charge in [0.15, 0.2) is 0 Å². The normalized spacial score (nSPS) is 29.5. The number of nitrogens with one attached hydrogen (secondary N) is 1. The molecule has 2 rings (SSSR count). The molecule has 0 spiro atoms. The van der Waals surface area contributed by atoms with Gasteiger partial charge in [0.2, 0.25) is 0 Å². The average molecular weight is 318 g/mol. The summed E-state index contributed by atoms with van der Waals surface area (Å²) >= 11 is 5.21. The van der Waals surface area contributed by atoms with E-state index in [2.05, 4.69) is 40.3 Å². The van der Waals surface area contributed by atoms with E-state index in [9.17, 15) is 5.11 Å². The maximum absolute atomic E-state index is 10.5. The van der Waals surface area contributed by atoms with Crippen molar-refractivity contribution in [3.05, 3.63) is 20.8 Å².